The number of sulfonamides is 1. The van der Waals surface area contributed by atoms with Crippen LogP contribution in [0.5, 0.6) is 0 Å². The minimum absolute atomic E-state index is 0.139. The molecule has 0 spiro atoms. The molecule has 0 fully saturated rings. The molecule has 1 heterocycles. The number of rotatable bonds is 5. The number of ether oxygens (including phenoxy) is 1. The van der Waals surface area contributed by atoms with E-state index in [4.69, 9.17) is 9.84 Å². The zero-order valence-electron chi connectivity index (χ0n) is 11.5. The molecule has 1 aromatic rings. The average Bonchev–Trinajstić information content (AvgIpc) is 2.96. The number of carbonyl (C=O) groups excluding carboxylic acids is 1. The first-order valence-corrected chi connectivity index (χ1v) is 8.61. The number of fused-ring (bicyclic) bond motifs is 1. The Hall–Kier alpha value is -1.61. The van der Waals surface area contributed by atoms with Crippen LogP contribution in [-0.2, 0) is 32.4 Å². The van der Waals surface area contributed by atoms with Gasteiger partial charge in [-0.25, -0.2) is 13.2 Å². The van der Waals surface area contributed by atoms with E-state index in [9.17, 15) is 18.0 Å². The Morgan fingerprint density at radius 3 is 2.62 bits per heavy atom. The molecule has 0 saturated carbocycles. The van der Waals surface area contributed by atoms with Crippen molar-refractivity contribution in [1.29, 1.82) is 0 Å². The van der Waals surface area contributed by atoms with E-state index in [2.05, 4.69) is 4.72 Å². The highest BCUT2D eigenvalue weighted by molar-refractivity contribution is 7.94. The molecule has 9 heteroatoms. The Morgan fingerprint density at radius 1 is 1.38 bits per heavy atom. The van der Waals surface area contributed by atoms with Gasteiger partial charge in [0.15, 0.2) is 5.25 Å². The normalized spacial score (nSPS) is 15.3. The molecule has 1 aliphatic carbocycles. The number of carboxylic acids is 1. The largest absolute Gasteiger partial charge is 0.480 e. The zero-order chi connectivity index (χ0) is 15.8. The first kappa shape index (κ1) is 15.8. The fourth-order valence-electron chi connectivity index (χ4n) is 2.14. The minimum Gasteiger partial charge on any atom is -0.480 e. The van der Waals surface area contributed by atoms with Gasteiger partial charge in [-0.15, -0.1) is 11.3 Å². The topological polar surface area (TPSA) is 110 Å². The summed E-state index contributed by atoms with van der Waals surface area (Å²) in [5, 5.41) is 7.36. The van der Waals surface area contributed by atoms with Crippen LogP contribution in [0.1, 0.15) is 34.1 Å². The molecule has 21 heavy (non-hydrogen) atoms. The molecule has 1 atom stereocenters. The molecular formula is C12H15NO6S2. The number of hydrogen-bond acceptors (Lipinski definition) is 6. The fraction of sp³-hybridized carbons (Fsp3) is 0.500. The van der Waals surface area contributed by atoms with Crippen molar-refractivity contribution in [3.05, 3.63) is 16.0 Å². The highest BCUT2D eigenvalue weighted by Gasteiger charge is 2.33. The molecule has 2 rings (SSSR count). The lowest BCUT2D eigenvalue weighted by atomic mass is 10.1. The number of nitrogens with one attached hydrogen (secondary N) is 1. The number of esters is 1. The second kappa shape index (κ2) is 5.64. The van der Waals surface area contributed by atoms with E-state index in [0.717, 1.165) is 41.5 Å². The Morgan fingerprint density at radius 2 is 2.05 bits per heavy atom. The van der Waals surface area contributed by atoms with Gasteiger partial charge in [0, 0.05) is 4.88 Å². The van der Waals surface area contributed by atoms with Crippen LogP contribution < -0.4 is 4.72 Å². The van der Waals surface area contributed by atoms with Crippen molar-refractivity contribution in [3.8, 4) is 0 Å². The van der Waals surface area contributed by atoms with E-state index < -0.39 is 27.2 Å². The highest BCUT2D eigenvalue weighted by Crippen LogP contribution is 2.40. The van der Waals surface area contributed by atoms with Crippen molar-refractivity contribution in [2.45, 2.75) is 31.4 Å². The van der Waals surface area contributed by atoms with Crippen molar-refractivity contribution in [1.82, 2.24) is 0 Å². The molecule has 1 unspecified atom stereocenters. The number of thiophene rings is 1. The molecule has 0 radical (unpaired) electrons. The van der Waals surface area contributed by atoms with E-state index >= 15 is 0 Å². The van der Waals surface area contributed by atoms with Gasteiger partial charge in [-0.05, 0) is 31.7 Å². The summed E-state index contributed by atoms with van der Waals surface area (Å²) in [7, 11) is -2.89. The van der Waals surface area contributed by atoms with Gasteiger partial charge in [0.05, 0.1) is 12.7 Å². The summed E-state index contributed by atoms with van der Waals surface area (Å²) in [6.45, 7) is 1.07. The van der Waals surface area contributed by atoms with Gasteiger partial charge in [-0.2, -0.15) is 0 Å². The van der Waals surface area contributed by atoms with Crippen LogP contribution in [0.3, 0.4) is 0 Å². The predicted molar refractivity (Wildman–Crippen MR) is 77.3 cm³/mol. The standard InChI is InChI=1S/C12H15NO6S2/c1-6(11(14)15)21(17,18)13-10-9(12(16)19-2)7-4-3-5-8(7)20-10/h6,13H,3-5H2,1-2H3,(H,14,15). The molecule has 2 N–H and O–H groups in total. The summed E-state index contributed by atoms with van der Waals surface area (Å²) in [5.74, 6) is -2.07. The Bertz CT molecular complexity index is 691. The molecule has 0 bridgehead atoms. The number of aryl methyl sites for hydroxylation is 1. The molecule has 0 saturated heterocycles. The van der Waals surface area contributed by atoms with Gasteiger partial charge in [-0.3, -0.25) is 9.52 Å². The third kappa shape index (κ3) is 2.88. The molecule has 1 aliphatic rings. The van der Waals surface area contributed by atoms with E-state index in [1.807, 2.05) is 0 Å². The third-order valence-corrected chi connectivity index (χ3v) is 6.32. The smallest absolute Gasteiger partial charge is 0.341 e. The minimum atomic E-state index is -4.11. The van der Waals surface area contributed by atoms with E-state index in [0.29, 0.717) is 6.42 Å². The van der Waals surface area contributed by atoms with Gasteiger partial charge >= 0.3 is 11.9 Å². The second-order valence-corrected chi connectivity index (χ2v) is 7.79. The van der Waals surface area contributed by atoms with Gasteiger partial charge in [0.2, 0.25) is 10.0 Å². The molecule has 7 nitrogen and oxygen atoms in total. The maximum absolute atomic E-state index is 12.0. The summed E-state index contributed by atoms with van der Waals surface area (Å²) in [6.07, 6.45) is 2.37. The van der Waals surface area contributed by atoms with Crippen molar-refractivity contribution in [2.24, 2.45) is 0 Å². The Balaban J connectivity index is 2.42. The number of methoxy groups -OCH3 is 1. The van der Waals surface area contributed by atoms with Crippen LogP contribution in [0.4, 0.5) is 5.00 Å². The highest BCUT2D eigenvalue weighted by atomic mass is 32.2. The van der Waals surface area contributed by atoms with Gasteiger partial charge in [-0.1, -0.05) is 0 Å². The quantitative estimate of drug-likeness (QED) is 0.785. The predicted octanol–water partition coefficient (Wildman–Crippen LogP) is 1.24. The number of carboxylic acid groups (broad SMARTS) is 1. The molecule has 116 valence electrons. The summed E-state index contributed by atoms with van der Waals surface area (Å²) in [6, 6.07) is 0. The SMILES string of the molecule is COC(=O)c1c(NS(=O)(=O)C(C)C(=O)O)sc2c1CCC2. The molecular weight excluding hydrogens is 318 g/mol. The second-order valence-electron chi connectivity index (χ2n) is 4.68. The van der Waals surface area contributed by atoms with Crippen molar-refractivity contribution in [3.63, 3.8) is 0 Å². The fourth-order valence-corrected chi connectivity index (χ4v) is 4.59. The summed E-state index contributed by atoms with van der Waals surface area (Å²) < 4.78 is 30.9. The summed E-state index contributed by atoms with van der Waals surface area (Å²) in [4.78, 5) is 23.7. The lowest BCUT2D eigenvalue weighted by Crippen LogP contribution is -2.32. The average molecular weight is 333 g/mol. The molecule has 1 aromatic heterocycles. The number of hydrogen-bond donors (Lipinski definition) is 2. The van der Waals surface area contributed by atoms with Gasteiger partial charge < -0.3 is 9.84 Å². The Labute approximate surface area is 126 Å². The van der Waals surface area contributed by atoms with E-state index in [1.165, 1.54) is 7.11 Å². The number of anilines is 1. The molecule has 0 aliphatic heterocycles. The van der Waals surface area contributed by atoms with Crippen molar-refractivity contribution in [2.75, 3.05) is 11.8 Å². The van der Waals surface area contributed by atoms with Crippen LogP contribution in [-0.4, -0.2) is 37.8 Å². The van der Waals surface area contributed by atoms with Crippen LogP contribution in [0.15, 0.2) is 0 Å². The third-order valence-electron chi connectivity index (χ3n) is 3.36. The van der Waals surface area contributed by atoms with Crippen LogP contribution in [0, 0.1) is 0 Å². The first-order chi connectivity index (χ1) is 9.77. The van der Waals surface area contributed by atoms with Gasteiger partial charge in [0.25, 0.3) is 0 Å². The van der Waals surface area contributed by atoms with E-state index in [-0.39, 0.29) is 10.6 Å². The van der Waals surface area contributed by atoms with Gasteiger partial charge in [0.1, 0.15) is 5.00 Å². The maximum Gasteiger partial charge on any atom is 0.341 e. The Kier molecular flexibility index (Phi) is 4.24. The van der Waals surface area contributed by atoms with Crippen LogP contribution >= 0.6 is 11.3 Å². The summed E-state index contributed by atoms with van der Waals surface area (Å²) in [5.41, 5.74) is 1.00. The lowest BCUT2D eigenvalue weighted by molar-refractivity contribution is -0.136. The first-order valence-electron chi connectivity index (χ1n) is 6.25. The number of carbonyl (C=O) groups is 2. The van der Waals surface area contributed by atoms with Crippen LogP contribution in [0.2, 0.25) is 0 Å². The number of aliphatic carboxylic acids is 1. The van der Waals surface area contributed by atoms with Crippen LogP contribution in [0.25, 0.3) is 0 Å². The zero-order valence-corrected chi connectivity index (χ0v) is 13.1. The van der Waals surface area contributed by atoms with E-state index in [1.54, 1.807) is 0 Å². The van der Waals surface area contributed by atoms with Crippen molar-refractivity contribution < 1.29 is 27.9 Å². The summed E-state index contributed by atoms with van der Waals surface area (Å²) >= 11 is 1.16. The maximum atomic E-state index is 12.0. The van der Waals surface area contributed by atoms with Crippen molar-refractivity contribution >= 4 is 38.3 Å². The lowest BCUT2D eigenvalue weighted by Gasteiger charge is -2.11. The monoisotopic (exact) mass is 333 g/mol. The molecule has 0 aromatic carbocycles. The molecule has 0 amide bonds.